The second-order valence-electron chi connectivity index (χ2n) is 8.65. The number of benzene rings is 1. The van der Waals surface area contributed by atoms with Crippen LogP contribution in [0.25, 0.3) is 10.9 Å². The third kappa shape index (κ3) is 4.94. The van der Waals surface area contributed by atoms with E-state index in [-0.39, 0.29) is 29.3 Å². The highest BCUT2D eigenvalue weighted by molar-refractivity contribution is 6.01. The molecule has 1 amide bonds. The number of rotatable bonds is 8. The quantitative estimate of drug-likeness (QED) is 0.412. The smallest absolute Gasteiger partial charge is 0.252 e. The van der Waals surface area contributed by atoms with E-state index in [0.717, 1.165) is 53.9 Å². The molecule has 0 bridgehead atoms. The number of primary amides is 1. The number of carbonyl (C=O) groups excluding carboxylic acids is 1. The summed E-state index contributed by atoms with van der Waals surface area (Å²) in [6, 6.07) is 7.01. The van der Waals surface area contributed by atoms with Gasteiger partial charge >= 0.3 is 0 Å². The predicted molar refractivity (Wildman–Crippen MR) is 128 cm³/mol. The Morgan fingerprint density at radius 2 is 2.06 bits per heavy atom. The van der Waals surface area contributed by atoms with Gasteiger partial charge in [0.15, 0.2) is 11.6 Å². The second kappa shape index (κ2) is 9.76. The number of carbonyl (C=O) groups is 1. The molecule has 0 unspecified atom stereocenters. The maximum atomic E-state index is 14.8. The standard InChI is InChI=1S/C24H31FN6O2/c1-14-11-20(15-7-8-31(9-10-33-2)21(15)12-14)29-23-16(22(27)32)13-17(25)24(30-23)28-19-6-4-3-5-18(19)26/h7-8,11-13,18-19H,3-6,9-10,26H2,1-2H3,(H2,27,32)(H2,28,29,30)/t18-,19+/m0/s1. The fourth-order valence-corrected chi connectivity index (χ4v) is 4.44. The summed E-state index contributed by atoms with van der Waals surface area (Å²) in [5, 5.41) is 7.32. The Bertz CT molecular complexity index is 1160. The molecule has 3 aromatic rings. The summed E-state index contributed by atoms with van der Waals surface area (Å²) in [6.45, 7) is 3.28. The van der Waals surface area contributed by atoms with E-state index in [1.54, 1.807) is 7.11 Å². The number of ether oxygens (including phenoxy) is 1. The van der Waals surface area contributed by atoms with Crippen LogP contribution in [0.15, 0.2) is 30.5 Å². The number of hydrogen-bond donors (Lipinski definition) is 4. The molecular formula is C24H31FN6O2. The molecule has 8 nitrogen and oxygen atoms in total. The molecule has 1 fully saturated rings. The molecule has 1 saturated carbocycles. The normalized spacial score (nSPS) is 18.4. The second-order valence-corrected chi connectivity index (χ2v) is 8.65. The fraction of sp³-hybridized carbons (Fsp3) is 0.417. The number of halogens is 1. The van der Waals surface area contributed by atoms with E-state index in [9.17, 15) is 9.18 Å². The number of hydrogen-bond acceptors (Lipinski definition) is 6. The minimum Gasteiger partial charge on any atom is -0.383 e. The number of nitrogens with zero attached hydrogens (tertiary/aromatic N) is 2. The first-order valence-corrected chi connectivity index (χ1v) is 11.2. The van der Waals surface area contributed by atoms with E-state index < -0.39 is 11.7 Å². The van der Waals surface area contributed by atoms with Crippen LogP contribution in [-0.4, -0.2) is 41.3 Å². The highest BCUT2D eigenvalue weighted by Gasteiger charge is 2.24. The van der Waals surface area contributed by atoms with Gasteiger partial charge in [0, 0.05) is 43.0 Å². The van der Waals surface area contributed by atoms with Crippen LogP contribution in [0.4, 0.5) is 21.7 Å². The Kier molecular flexibility index (Phi) is 6.80. The number of fused-ring (bicyclic) bond motifs is 1. The maximum absolute atomic E-state index is 14.8. The molecule has 0 saturated heterocycles. The average Bonchev–Trinajstić information content (AvgIpc) is 3.18. The van der Waals surface area contributed by atoms with Crippen molar-refractivity contribution in [3.63, 3.8) is 0 Å². The Balaban J connectivity index is 1.71. The van der Waals surface area contributed by atoms with Crippen LogP contribution in [0.2, 0.25) is 0 Å². The van der Waals surface area contributed by atoms with Crippen molar-refractivity contribution in [2.75, 3.05) is 24.4 Å². The van der Waals surface area contributed by atoms with Crippen molar-refractivity contribution in [1.82, 2.24) is 9.55 Å². The van der Waals surface area contributed by atoms with Gasteiger partial charge in [-0.2, -0.15) is 0 Å². The van der Waals surface area contributed by atoms with Gasteiger partial charge < -0.3 is 31.4 Å². The summed E-state index contributed by atoms with van der Waals surface area (Å²) in [7, 11) is 1.67. The molecule has 2 atom stereocenters. The van der Waals surface area contributed by atoms with Crippen LogP contribution < -0.4 is 22.1 Å². The van der Waals surface area contributed by atoms with Crippen molar-refractivity contribution in [2.24, 2.45) is 11.5 Å². The molecule has 1 aliphatic carbocycles. The number of aryl methyl sites for hydroxylation is 1. The van der Waals surface area contributed by atoms with E-state index >= 15 is 0 Å². The van der Waals surface area contributed by atoms with Gasteiger partial charge in [-0.3, -0.25) is 4.79 Å². The SMILES string of the molecule is COCCn1ccc2c(Nc3nc(N[C@@H]4CCCC[C@@H]4N)c(F)cc3C(N)=O)cc(C)cc21. The Morgan fingerprint density at radius 3 is 2.79 bits per heavy atom. The van der Waals surface area contributed by atoms with Gasteiger partial charge in [0.25, 0.3) is 5.91 Å². The summed E-state index contributed by atoms with van der Waals surface area (Å²) in [6.07, 6.45) is 5.80. The van der Waals surface area contributed by atoms with Crippen molar-refractivity contribution >= 4 is 34.1 Å². The van der Waals surface area contributed by atoms with Gasteiger partial charge in [0.05, 0.1) is 17.7 Å². The lowest BCUT2D eigenvalue weighted by Crippen LogP contribution is -2.43. The van der Waals surface area contributed by atoms with Crippen molar-refractivity contribution in [1.29, 1.82) is 0 Å². The van der Waals surface area contributed by atoms with Crippen LogP contribution in [0.1, 0.15) is 41.6 Å². The summed E-state index contributed by atoms with van der Waals surface area (Å²) in [4.78, 5) is 16.5. The maximum Gasteiger partial charge on any atom is 0.252 e. The van der Waals surface area contributed by atoms with Gasteiger partial charge in [-0.1, -0.05) is 12.8 Å². The Hall–Kier alpha value is -3.17. The number of nitrogens with one attached hydrogen (secondary N) is 2. The van der Waals surface area contributed by atoms with Gasteiger partial charge in [-0.05, 0) is 49.6 Å². The molecule has 0 aliphatic heterocycles. The van der Waals surface area contributed by atoms with Crippen LogP contribution in [-0.2, 0) is 11.3 Å². The molecule has 176 valence electrons. The number of methoxy groups -OCH3 is 1. The molecule has 9 heteroatoms. The van der Waals surface area contributed by atoms with Gasteiger partial charge in [-0.25, -0.2) is 9.37 Å². The minimum absolute atomic E-state index is 0.0144. The zero-order chi connectivity index (χ0) is 23.5. The molecule has 1 aromatic carbocycles. The minimum atomic E-state index is -0.758. The lowest BCUT2D eigenvalue weighted by Gasteiger charge is -2.30. The molecule has 0 spiro atoms. The van der Waals surface area contributed by atoms with E-state index in [1.165, 1.54) is 0 Å². The Labute approximate surface area is 192 Å². The van der Waals surface area contributed by atoms with Crippen molar-refractivity contribution in [2.45, 2.75) is 51.2 Å². The van der Waals surface area contributed by atoms with Crippen LogP contribution in [0.5, 0.6) is 0 Å². The predicted octanol–water partition coefficient (Wildman–Crippen LogP) is 3.65. The van der Waals surface area contributed by atoms with Crippen LogP contribution in [0.3, 0.4) is 0 Å². The number of amides is 1. The number of aromatic nitrogens is 2. The van der Waals surface area contributed by atoms with Gasteiger partial charge in [0.1, 0.15) is 5.82 Å². The van der Waals surface area contributed by atoms with Crippen molar-refractivity contribution in [3.8, 4) is 0 Å². The molecule has 4 rings (SSSR count). The molecular weight excluding hydrogens is 423 g/mol. The molecule has 0 radical (unpaired) electrons. The van der Waals surface area contributed by atoms with E-state index in [0.29, 0.717) is 13.2 Å². The van der Waals surface area contributed by atoms with E-state index in [4.69, 9.17) is 16.2 Å². The van der Waals surface area contributed by atoms with Crippen molar-refractivity contribution < 1.29 is 13.9 Å². The lowest BCUT2D eigenvalue weighted by molar-refractivity contribution is 0.100. The van der Waals surface area contributed by atoms with E-state index in [2.05, 4.69) is 26.3 Å². The molecule has 2 heterocycles. The highest BCUT2D eigenvalue weighted by atomic mass is 19.1. The average molecular weight is 455 g/mol. The van der Waals surface area contributed by atoms with Gasteiger partial charge in [0.2, 0.25) is 0 Å². The van der Waals surface area contributed by atoms with Crippen LogP contribution >= 0.6 is 0 Å². The first kappa shape index (κ1) is 23.0. The fourth-order valence-electron chi connectivity index (χ4n) is 4.44. The summed E-state index contributed by atoms with van der Waals surface area (Å²) >= 11 is 0. The molecule has 6 N–H and O–H groups in total. The first-order valence-electron chi connectivity index (χ1n) is 11.2. The summed E-state index contributed by atoms with van der Waals surface area (Å²) < 4.78 is 22.1. The van der Waals surface area contributed by atoms with Crippen molar-refractivity contribution in [3.05, 3.63) is 47.4 Å². The monoisotopic (exact) mass is 454 g/mol. The number of pyridine rings is 1. The van der Waals surface area contributed by atoms with Gasteiger partial charge in [-0.15, -0.1) is 0 Å². The lowest BCUT2D eigenvalue weighted by atomic mass is 9.91. The zero-order valence-electron chi connectivity index (χ0n) is 19.0. The van der Waals surface area contributed by atoms with E-state index in [1.807, 2.05) is 25.3 Å². The van der Waals surface area contributed by atoms with Crippen LogP contribution in [0, 0.1) is 12.7 Å². The zero-order valence-corrected chi connectivity index (χ0v) is 19.0. The molecule has 33 heavy (non-hydrogen) atoms. The molecule has 1 aliphatic rings. The number of anilines is 3. The Morgan fingerprint density at radius 1 is 1.27 bits per heavy atom. The number of nitrogens with two attached hydrogens (primary N) is 2. The largest absolute Gasteiger partial charge is 0.383 e. The summed E-state index contributed by atoms with van der Waals surface area (Å²) in [5.74, 6) is -1.13. The first-order chi connectivity index (χ1) is 15.9. The molecule has 2 aromatic heterocycles. The highest BCUT2D eigenvalue weighted by Crippen LogP contribution is 2.31. The third-order valence-electron chi connectivity index (χ3n) is 6.21. The summed E-state index contributed by atoms with van der Waals surface area (Å²) in [5.41, 5.74) is 14.6. The third-order valence-corrected chi connectivity index (χ3v) is 6.21. The topological polar surface area (TPSA) is 120 Å².